The van der Waals surface area contributed by atoms with Gasteiger partial charge in [-0.3, -0.25) is 0 Å². The van der Waals surface area contributed by atoms with Crippen molar-refractivity contribution in [2.45, 2.75) is 0 Å². The molecule has 0 aliphatic rings. The van der Waals surface area contributed by atoms with Gasteiger partial charge in [-0.05, 0) is 0 Å². The van der Waals surface area contributed by atoms with Crippen LogP contribution in [-0.2, 0) is 26.1 Å². The zero-order chi connectivity index (χ0) is 9.54. The summed E-state index contributed by atoms with van der Waals surface area (Å²) in [5, 5.41) is 2.86. The van der Waals surface area contributed by atoms with Gasteiger partial charge in [0.2, 0.25) is 0 Å². The molecule has 0 radical (unpaired) electrons. The molecule has 0 fully saturated rings. The van der Waals surface area contributed by atoms with Crippen LogP contribution in [0.1, 0.15) is 0 Å². The van der Waals surface area contributed by atoms with Gasteiger partial charge in [0.15, 0.2) is 0 Å². The summed E-state index contributed by atoms with van der Waals surface area (Å²) < 4.78 is 4.50. The second-order valence-corrected chi connectivity index (χ2v) is 7.41. The van der Waals surface area contributed by atoms with E-state index < -0.39 is 0 Å². The van der Waals surface area contributed by atoms with Gasteiger partial charge in [0, 0.05) is 0 Å². The monoisotopic (exact) mass is 385 g/mol. The molecule has 0 amide bonds. The first kappa shape index (κ1) is 8.87. The van der Waals surface area contributed by atoms with Crippen LogP contribution in [0.15, 0.2) is 42.5 Å². The Hall–Kier alpha value is -0.405. The minimum absolute atomic E-state index is 0.719. The predicted octanol–water partition coefficient (Wildman–Crippen LogP) is 3.23. The first-order valence-corrected chi connectivity index (χ1v) is 8.15. The van der Waals surface area contributed by atoms with Crippen LogP contribution in [0.2, 0.25) is 0 Å². The van der Waals surface area contributed by atoms with Crippen LogP contribution < -0.4 is 3.07 Å². The zero-order valence-corrected chi connectivity index (χ0v) is 14.0. The minimum atomic E-state index is 0.719. The van der Waals surface area contributed by atoms with Gasteiger partial charge in [-0.25, -0.2) is 0 Å². The summed E-state index contributed by atoms with van der Waals surface area (Å²) in [4.78, 5) is 0. The van der Waals surface area contributed by atoms with Gasteiger partial charge in [0.1, 0.15) is 0 Å². The van der Waals surface area contributed by atoms with Crippen LogP contribution in [0.25, 0.3) is 20.2 Å². The average Bonchev–Trinajstić information content (AvgIpc) is 2.59. The third-order valence-corrected chi connectivity index (χ3v) is 7.03. The molecule has 0 N–H and O–H groups in total. The van der Waals surface area contributed by atoms with Crippen LogP contribution in [-0.4, -0.2) is 0 Å². The van der Waals surface area contributed by atoms with E-state index in [4.69, 9.17) is 0 Å². The number of hydrogen-bond acceptors (Lipinski definition) is 1. The fraction of sp³-hybridized carbons (Fsp3) is 0. The zero-order valence-electron chi connectivity index (χ0n) is 7.66. The van der Waals surface area contributed by atoms with Gasteiger partial charge in [0.25, 0.3) is 0 Å². The van der Waals surface area contributed by atoms with Gasteiger partial charge in [-0.2, -0.15) is 0 Å². The van der Waals surface area contributed by atoms with E-state index in [1.165, 1.54) is 20.2 Å². The van der Waals surface area contributed by atoms with Crippen molar-refractivity contribution in [2.75, 3.05) is 0 Å². The number of rotatable bonds is 0. The van der Waals surface area contributed by atoms with Crippen molar-refractivity contribution in [1.82, 2.24) is 0 Å². The summed E-state index contributed by atoms with van der Waals surface area (Å²) in [6, 6.07) is 15.4. The molecule has 0 unspecified atom stereocenters. The maximum atomic E-state index is 2.26. The third-order valence-electron chi connectivity index (χ3n) is 2.49. The van der Waals surface area contributed by atoms with E-state index in [2.05, 4.69) is 42.5 Å². The van der Waals surface area contributed by atoms with Crippen molar-refractivity contribution in [3.63, 3.8) is 0 Å². The first-order chi connectivity index (χ1) is 6.86. The molecule has 3 rings (SSSR count). The van der Waals surface area contributed by atoms with Crippen molar-refractivity contribution >= 4 is 34.6 Å². The molecule has 0 saturated carbocycles. The van der Waals surface area contributed by atoms with E-state index in [9.17, 15) is 0 Å². The standard InChI is InChI=1S/C12H7S.Hg/c1-3-7-11-9(5-1)10-6-2-4-8-12(10)13-11;/h1-7H;. The Balaban J connectivity index is 2.63. The van der Waals surface area contributed by atoms with Crippen LogP contribution >= 0.6 is 11.3 Å². The second-order valence-electron chi connectivity index (χ2n) is 3.39. The molecule has 1 aromatic heterocycles. The summed E-state index contributed by atoms with van der Waals surface area (Å²) in [7, 11) is 0. The Morgan fingerprint density at radius 2 is 1.64 bits per heavy atom. The van der Waals surface area contributed by atoms with Crippen LogP contribution in [0.5, 0.6) is 0 Å². The summed E-state index contributed by atoms with van der Waals surface area (Å²) in [6.45, 7) is 0. The van der Waals surface area contributed by atoms with E-state index in [0.717, 1.165) is 26.1 Å². The fourth-order valence-corrected chi connectivity index (χ4v) is 5.06. The molecular formula is C12H7HgS. The van der Waals surface area contributed by atoms with Crippen molar-refractivity contribution in [2.24, 2.45) is 0 Å². The maximum absolute atomic E-state index is 2.26. The Bertz CT molecular complexity index is 610. The molecule has 14 heavy (non-hydrogen) atoms. The van der Waals surface area contributed by atoms with Crippen LogP contribution in [0.4, 0.5) is 0 Å². The van der Waals surface area contributed by atoms with Gasteiger partial charge >= 0.3 is 103 Å². The molecule has 63 valence electrons. The average molecular weight is 384 g/mol. The van der Waals surface area contributed by atoms with E-state index in [1.807, 2.05) is 11.3 Å². The van der Waals surface area contributed by atoms with Gasteiger partial charge in [-0.15, -0.1) is 0 Å². The van der Waals surface area contributed by atoms with E-state index >= 15 is 0 Å². The van der Waals surface area contributed by atoms with Crippen LogP contribution in [0.3, 0.4) is 0 Å². The topological polar surface area (TPSA) is 0 Å². The molecule has 0 aliphatic heterocycles. The Morgan fingerprint density at radius 3 is 2.57 bits per heavy atom. The molecule has 3 aromatic rings. The van der Waals surface area contributed by atoms with E-state index in [1.54, 1.807) is 3.07 Å². The number of fused-ring (bicyclic) bond motifs is 3. The van der Waals surface area contributed by atoms with Gasteiger partial charge < -0.3 is 0 Å². The first-order valence-electron chi connectivity index (χ1n) is 4.58. The summed E-state index contributed by atoms with van der Waals surface area (Å²) in [5.74, 6) is 0. The Labute approximate surface area is 103 Å². The van der Waals surface area contributed by atoms with Crippen molar-refractivity contribution in [1.29, 1.82) is 0 Å². The molecule has 2 aromatic carbocycles. The Morgan fingerprint density at radius 1 is 0.857 bits per heavy atom. The van der Waals surface area contributed by atoms with Gasteiger partial charge in [-0.1, -0.05) is 0 Å². The number of benzene rings is 2. The summed E-state index contributed by atoms with van der Waals surface area (Å²) in [5.41, 5.74) is 0. The molecule has 1 heterocycles. The normalized spacial score (nSPS) is 11.3. The van der Waals surface area contributed by atoms with Crippen molar-refractivity contribution in [3.8, 4) is 0 Å². The second kappa shape index (κ2) is 3.32. The van der Waals surface area contributed by atoms with Gasteiger partial charge in [0.05, 0.1) is 0 Å². The molecule has 0 nitrogen and oxygen atoms in total. The summed E-state index contributed by atoms with van der Waals surface area (Å²) in [6.07, 6.45) is 0. The SMILES string of the molecule is [Hg][c]1cccc2c1sc1ccccc12. The van der Waals surface area contributed by atoms with Crippen LogP contribution in [0, 0.1) is 0 Å². The molecular weight excluding hydrogens is 377 g/mol. The molecule has 0 aliphatic carbocycles. The quantitative estimate of drug-likeness (QED) is 0.523. The number of thiophene rings is 1. The van der Waals surface area contributed by atoms with E-state index in [0.29, 0.717) is 0 Å². The molecule has 0 atom stereocenters. The molecule has 0 saturated heterocycles. The van der Waals surface area contributed by atoms with Crippen molar-refractivity contribution in [3.05, 3.63) is 42.5 Å². The Kier molecular flexibility index (Phi) is 2.10. The molecule has 0 bridgehead atoms. The molecule has 0 spiro atoms. The third kappa shape index (κ3) is 1.23. The van der Waals surface area contributed by atoms with E-state index in [-0.39, 0.29) is 0 Å². The fourth-order valence-electron chi connectivity index (χ4n) is 1.81. The predicted molar refractivity (Wildman–Crippen MR) is 59.0 cm³/mol. The van der Waals surface area contributed by atoms with Crippen molar-refractivity contribution < 1.29 is 26.1 Å². The summed E-state index contributed by atoms with van der Waals surface area (Å²) >= 11 is 2.66. The molecule has 2 heteroatoms. The number of hydrogen-bond donors (Lipinski definition) is 0.